The van der Waals surface area contributed by atoms with Crippen molar-refractivity contribution in [3.63, 3.8) is 0 Å². The van der Waals surface area contributed by atoms with E-state index in [4.69, 9.17) is 9.97 Å². The number of aromatic nitrogens is 4. The van der Waals surface area contributed by atoms with Crippen LogP contribution in [0.15, 0.2) is 55.1 Å². The number of Topliss-reactive ketones (excluding diaryl/α,β-unsaturated/α-hetero) is 1. The summed E-state index contributed by atoms with van der Waals surface area (Å²) in [6.07, 6.45) is 8.11. The zero-order valence-corrected chi connectivity index (χ0v) is 13.7. The normalized spacial score (nSPS) is 14.6. The van der Waals surface area contributed by atoms with Gasteiger partial charge in [-0.3, -0.25) is 14.8 Å². The molecule has 4 rings (SSSR count). The molecule has 6 heteroatoms. The number of rotatable bonds is 3. The third kappa shape index (κ3) is 3.38. The molecule has 0 atom stereocenters. The number of hydrogen-bond donors (Lipinski definition) is 0. The Morgan fingerprint density at radius 3 is 2.04 bits per heavy atom. The van der Waals surface area contributed by atoms with Gasteiger partial charge in [-0.15, -0.1) is 0 Å². The maximum Gasteiger partial charge on any atom is 0.162 e. The maximum atomic E-state index is 11.5. The molecule has 6 nitrogen and oxygen atoms in total. The average molecular weight is 331 g/mol. The fourth-order valence-corrected chi connectivity index (χ4v) is 2.88. The minimum atomic E-state index is 0.314. The molecule has 0 saturated carbocycles. The van der Waals surface area contributed by atoms with Gasteiger partial charge in [0.15, 0.2) is 5.82 Å². The van der Waals surface area contributed by atoms with E-state index in [0.717, 1.165) is 22.6 Å². The molecule has 1 fully saturated rings. The summed E-state index contributed by atoms with van der Waals surface area (Å²) in [7, 11) is 0. The SMILES string of the molecule is O=C1CCN(c2cc(-c3ccncc3)nc(-c3ccncc3)n2)CC1. The van der Waals surface area contributed by atoms with Crippen molar-refractivity contribution in [2.24, 2.45) is 0 Å². The van der Waals surface area contributed by atoms with Crippen molar-refractivity contribution in [2.45, 2.75) is 12.8 Å². The first-order chi connectivity index (χ1) is 12.3. The molecule has 4 heterocycles. The molecule has 1 aliphatic rings. The van der Waals surface area contributed by atoms with Gasteiger partial charge >= 0.3 is 0 Å². The predicted octanol–water partition coefficient (Wildman–Crippen LogP) is 2.77. The highest BCUT2D eigenvalue weighted by Crippen LogP contribution is 2.26. The molecular formula is C19H17N5O. The summed E-state index contributed by atoms with van der Waals surface area (Å²) in [5, 5.41) is 0. The van der Waals surface area contributed by atoms with E-state index in [1.165, 1.54) is 0 Å². The zero-order chi connectivity index (χ0) is 17.1. The average Bonchev–Trinajstić information content (AvgIpc) is 2.69. The Bertz CT molecular complexity index is 815. The molecular weight excluding hydrogens is 314 g/mol. The summed E-state index contributed by atoms with van der Waals surface area (Å²) in [4.78, 5) is 31.3. The monoisotopic (exact) mass is 331 g/mol. The second kappa shape index (κ2) is 6.76. The summed E-state index contributed by atoms with van der Waals surface area (Å²) >= 11 is 0. The van der Waals surface area contributed by atoms with Crippen LogP contribution in [0.3, 0.4) is 0 Å². The summed E-state index contributed by atoms with van der Waals surface area (Å²) in [5.74, 6) is 1.82. The maximum absolute atomic E-state index is 11.5. The topological polar surface area (TPSA) is 71.9 Å². The third-order valence-corrected chi connectivity index (χ3v) is 4.27. The number of carbonyl (C=O) groups is 1. The van der Waals surface area contributed by atoms with Gasteiger partial charge in [0.05, 0.1) is 5.69 Å². The van der Waals surface area contributed by atoms with E-state index >= 15 is 0 Å². The molecule has 0 N–H and O–H groups in total. The van der Waals surface area contributed by atoms with E-state index in [1.54, 1.807) is 24.8 Å². The van der Waals surface area contributed by atoms with Gasteiger partial charge in [-0.1, -0.05) is 0 Å². The van der Waals surface area contributed by atoms with E-state index in [1.807, 2.05) is 30.3 Å². The van der Waals surface area contributed by atoms with Gasteiger partial charge in [0.2, 0.25) is 0 Å². The minimum Gasteiger partial charge on any atom is -0.356 e. The van der Waals surface area contributed by atoms with Crippen molar-refractivity contribution in [1.29, 1.82) is 0 Å². The van der Waals surface area contributed by atoms with E-state index < -0.39 is 0 Å². The number of pyridine rings is 2. The Morgan fingerprint density at radius 2 is 1.40 bits per heavy atom. The first-order valence-corrected chi connectivity index (χ1v) is 8.26. The van der Waals surface area contributed by atoms with Gasteiger partial charge in [-0.2, -0.15) is 0 Å². The summed E-state index contributed by atoms with van der Waals surface area (Å²) in [6.45, 7) is 1.39. The fourth-order valence-electron chi connectivity index (χ4n) is 2.88. The molecule has 1 saturated heterocycles. The van der Waals surface area contributed by atoms with E-state index in [9.17, 15) is 4.79 Å². The molecule has 25 heavy (non-hydrogen) atoms. The van der Waals surface area contributed by atoms with E-state index in [2.05, 4.69) is 14.9 Å². The van der Waals surface area contributed by atoms with E-state index in [0.29, 0.717) is 37.5 Å². The van der Waals surface area contributed by atoms with Gasteiger partial charge < -0.3 is 4.90 Å². The van der Waals surface area contributed by atoms with Crippen molar-refractivity contribution in [1.82, 2.24) is 19.9 Å². The minimum absolute atomic E-state index is 0.314. The molecule has 0 amide bonds. The quantitative estimate of drug-likeness (QED) is 0.735. The van der Waals surface area contributed by atoms with Crippen molar-refractivity contribution in [3.8, 4) is 22.6 Å². The standard InChI is InChI=1S/C19H17N5O/c25-16-5-11-24(12-6-16)18-13-17(14-1-7-20-8-2-14)22-19(23-18)15-3-9-21-10-4-15/h1-4,7-10,13H,5-6,11-12H2. The van der Waals surface area contributed by atoms with Crippen LogP contribution in [0.25, 0.3) is 22.6 Å². The second-order valence-corrected chi connectivity index (χ2v) is 5.93. The highest BCUT2D eigenvalue weighted by atomic mass is 16.1. The van der Waals surface area contributed by atoms with Crippen LogP contribution in [-0.2, 0) is 4.79 Å². The molecule has 124 valence electrons. The van der Waals surface area contributed by atoms with Gasteiger partial charge in [0, 0.05) is 67.9 Å². The number of nitrogens with zero attached hydrogens (tertiary/aromatic N) is 5. The Balaban J connectivity index is 1.79. The Labute approximate surface area is 145 Å². The second-order valence-electron chi connectivity index (χ2n) is 5.93. The Hall–Kier alpha value is -3.15. The molecule has 1 aliphatic heterocycles. The number of carbonyl (C=O) groups excluding carboxylic acids is 1. The number of anilines is 1. The Morgan fingerprint density at radius 1 is 0.800 bits per heavy atom. The Kier molecular flexibility index (Phi) is 4.16. The fraction of sp³-hybridized carbons (Fsp3) is 0.211. The third-order valence-electron chi connectivity index (χ3n) is 4.27. The molecule has 0 spiro atoms. The van der Waals surface area contributed by atoms with Crippen molar-refractivity contribution < 1.29 is 4.79 Å². The van der Waals surface area contributed by atoms with Crippen LogP contribution < -0.4 is 4.90 Å². The molecule has 0 bridgehead atoms. The lowest BCUT2D eigenvalue weighted by Gasteiger charge is -2.27. The summed E-state index contributed by atoms with van der Waals surface area (Å²) in [5.41, 5.74) is 2.75. The van der Waals surface area contributed by atoms with Crippen LogP contribution in [-0.4, -0.2) is 38.8 Å². The van der Waals surface area contributed by atoms with Crippen LogP contribution in [0, 0.1) is 0 Å². The van der Waals surface area contributed by atoms with Crippen molar-refractivity contribution in [3.05, 3.63) is 55.1 Å². The van der Waals surface area contributed by atoms with Crippen LogP contribution in [0.2, 0.25) is 0 Å². The van der Waals surface area contributed by atoms with Crippen molar-refractivity contribution in [2.75, 3.05) is 18.0 Å². The number of hydrogen-bond acceptors (Lipinski definition) is 6. The predicted molar refractivity (Wildman–Crippen MR) is 94.9 cm³/mol. The van der Waals surface area contributed by atoms with Gasteiger partial charge in [-0.05, 0) is 24.3 Å². The molecule has 3 aromatic rings. The largest absolute Gasteiger partial charge is 0.356 e. The first kappa shape index (κ1) is 15.4. The molecule has 0 aliphatic carbocycles. The molecule has 0 radical (unpaired) electrons. The summed E-state index contributed by atoms with van der Waals surface area (Å²) in [6, 6.07) is 9.64. The lowest BCUT2D eigenvalue weighted by Crippen LogP contribution is -2.34. The van der Waals surface area contributed by atoms with Crippen LogP contribution in [0.1, 0.15) is 12.8 Å². The molecule has 0 aromatic carbocycles. The van der Waals surface area contributed by atoms with Crippen LogP contribution in [0.4, 0.5) is 5.82 Å². The van der Waals surface area contributed by atoms with Crippen LogP contribution >= 0.6 is 0 Å². The number of piperidine rings is 1. The zero-order valence-electron chi connectivity index (χ0n) is 13.7. The lowest BCUT2D eigenvalue weighted by atomic mass is 10.1. The van der Waals surface area contributed by atoms with Gasteiger partial charge in [0.25, 0.3) is 0 Å². The summed E-state index contributed by atoms with van der Waals surface area (Å²) < 4.78 is 0. The first-order valence-electron chi connectivity index (χ1n) is 8.26. The molecule has 0 unspecified atom stereocenters. The van der Waals surface area contributed by atoms with E-state index in [-0.39, 0.29) is 0 Å². The lowest BCUT2D eigenvalue weighted by molar-refractivity contribution is -0.119. The smallest absolute Gasteiger partial charge is 0.162 e. The van der Waals surface area contributed by atoms with Crippen molar-refractivity contribution >= 4 is 11.6 Å². The number of ketones is 1. The highest BCUT2D eigenvalue weighted by Gasteiger charge is 2.19. The van der Waals surface area contributed by atoms with Crippen LogP contribution in [0.5, 0.6) is 0 Å². The molecule has 3 aromatic heterocycles. The van der Waals surface area contributed by atoms with Gasteiger partial charge in [0.1, 0.15) is 11.6 Å². The highest BCUT2D eigenvalue weighted by molar-refractivity contribution is 5.81. The van der Waals surface area contributed by atoms with Gasteiger partial charge in [-0.25, -0.2) is 9.97 Å².